The number of hydrogen-bond acceptors (Lipinski definition) is 2. The quantitative estimate of drug-likeness (QED) is 0.423. The Bertz CT molecular complexity index is 307. The third kappa shape index (κ3) is 4.07. The molecule has 0 fully saturated rings. The predicted molar refractivity (Wildman–Crippen MR) is 49.8 cm³/mol. The van der Waals surface area contributed by atoms with Gasteiger partial charge in [0.25, 0.3) is 0 Å². The summed E-state index contributed by atoms with van der Waals surface area (Å²) >= 11 is 3.42. The molecule has 0 unspecified atom stereocenters. The number of rotatable bonds is 1. The first kappa shape index (κ1) is 12.2. The van der Waals surface area contributed by atoms with E-state index in [1.54, 1.807) is 18.2 Å². The van der Waals surface area contributed by atoms with Gasteiger partial charge in [0.2, 0.25) is 8.87 Å². The van der Waals surface area contributed by atoms with Gasteiger partial charge in [-0.1, -0.05) is 18.2 Å². The van der Waals surface area contributed by atoms with E-state index in [0.717, 1.165) is 0 Å². The molecular weight excluding hydrogens is 207 g/mol. The van der Waals surface area contributed by atoms with Crippen LogP contribution in [0.3, 0.4) is 0 Å². The van der Waals surface area contributed by atoms with Gasteiger partial charge in [-0.2, -0.15) is 0 Å². The van der Waals surface area contributed by atoms with Crippen molar-refractivity contribution < 1.29 is 8.42 Å². The Kier molecular flexibility index (Phi) is 5.54. The molecule has 1 aromatic rings. The minimum absolute atomic E-state index is 0. The van der Waals surface area contributed by atoms with E-state index in [1.165, 1.54) is 12.1 Å². The summed E-state index contributed by atoms with van der Waals surface area (Å²) in [6.07, 6.45) is 0. The summed E-state index contributed by atoms with van der Waals surface area (Å²) in [6.45, 7) is 0. The van der Waals surface area contributed by atoms with Crippen LogP contribution in [0.15, 0.2) is 35.2 Å². The molecule has 0 heterocycles. The summed E-state index contributed by atoms with van der Waals surface area (Å²) in [5.41, 5.74) is 0. The fourth-order valence-electron chi connectivity index (χ4n) is 0.592. The van der Waals surface area contributed by atoms with Crippen molar-refractivity contribution in [2.24, 2.45) is 0 Å². The van der Waals surface area contributed by atoms with Gasteiger partial charge < -0.3 is 0 Å². The second-order valence-corrected chi connectivity index (χ2v) is 4.65. The van der Waals surface area contributed by atoms with E-state index >= 15 is 0 Å². The maximum atomic E-state index is 10.7. The van der Waals surface area contributed by atoms with E-state index < -0.39 is 8.87 Å². The van der Waals surface area contributed by atoms with Crippen LogP contribution in [0.2, 0.25) is 0 Å². The number of thiol groups is 1. The van der Waals surface area contributed by atoms with Crippen LogP contribution in [-0.4, -0.2) is 59.8 Å². The van der Waals surface area contributed by atoms with Crippen LogP contribution in [0, 0.1) is 0 Å². The zero-order chi connectivity index (χ0) is 7.61. The molecule has 2 nitrogen and oxygen atoms in total. The van der Waals surface area contributed by atoms with Crippen LogP contribution in [0.25, 0.3) is 0 Å². The molecule has 0 saturated heterocycles. The molecule has 0 aromatic heterocycles. The first-order valence-corrected chi connectivity index (χ1v) is 5.17. The standard InChI is InChI=1S/C6H6O2S2.K.H/c7-10(8,9)6-4-2-1-3-5-6;;/h1-5H,(H,7,8,9);;. The Hall–Kier alpha value is 1.16. The second kappa shape index (κ2) is 5.01. The Morgan fingerprint density at radius 3 is 1.82 bits per heavy atom. The Balaban J connectivity index is 0.000001000. The van der Waals surface area contributed by atoms with Crippen molar-refractivity contribution >= 4 is 71.9 Å². The molecule has 56 valence electrons. The van der Waals surface area contributed by atoms with Gasteiger partial charge in [-0.25, -0.2) is 8.42 Å². The summed E-state index contributed by atoms with van der Waals surface area (Å²) in [6, 6.07) is 8.07. The third-order valence-electron chi connectivity index (χ3n) is 1.04. The van der Waals surface area contributed by atoms with E-state index in [1.807, 2.05) is 0 Å². The normalized spacial score (nSPS) is 10.3. The molecular formula is C6H7KO2S2. The molecule has 11 heavy (non-hydrogen) atoms. The number of hydrogen-bond donors (Lipinski definition) is 1. The zero-order valence-electron chi connectivity index (χ0n) is 5.06. The molecule has 0 aliphatic carbocycles. The third-order valence-corrected chi connectivity index (χ3v) is 2.54. The molecule has 5 heteroatoms. The first-order chi connectivity index (χ1) is 4.61. The Morgan fingerprint density at radius 2 is 1.55 bits per heavy atom. The SMILES string of the molecule is O=S(=O)(S)c1ccccc1.[KH]. The average Bonchev–Trinajstić information content (AvgIpc) is 1.88. The van der Waals surface area contributed by atoms with Crippen molar-refractivity contribution in [3.63, 3.8) is 0 Å². The van der Waals surface area contributed by atoms with Gasteiger partial charge in [0, 0.05) is 0 Å². The zero-order valence-corrected chi connectivity index (χ0v) is 6.77. The van der Waals surface area contributed by atoms with E-state index in [0.29, 0.717) is 0 Å². The molecule has 0 spiro atoms. The molecule has 0 aliphatic rings. The first-order valence-electron chi connectivity index (χ1n) is 2.63. The number of benzene rings is 1. The summed E-state index contributed by atoms with van der Waals surface area (Å²) in [5, 5.41) is 0. The molecule has 0 amide bonds. The van der Waals surface area contributed by atoms with Crippen LogP contribution in [0.5, 0.6) is 0 Å². The predicted octanol–water partition coefficient (Wildman–Crippen LogP) is 0.657. The Morgan fingerprint density at radius 1 is 1.09 bits per heavy atom. The maximum absolute atomic E-state index is 10.7. The van der Waals surface area contributed by atoms with Gasteiger partial charge in [0.05, 0.1) is 4.90 Å². The molecule has 0 atom stereocenters. The summed E-state index contributed by atoms with van der Waals surface area (Å²) in [7, 11) is -3.31. The van der Waals surface area contributed by atoms with Crippen molar-refractivity contribution in [3.05, 3.63) is 30.3 Å². The van der Waals surface area contributed by atoms with Crippen molar-refractivity contribution in [3.8, 4) is 0 Å². The average molecular weight is 214 g/mol. The van der Waals surface area contributed by atoms with Crippen LogP contribution in [0.4, 0.5) is 0 Å². The second-order valence-electron chi connectivity index (χ2n) is 1.79. The molecule has 0 N–H and O–H groups in total. The molecule has 0 saturated carbocycles. The van der Waals surface area contributed by atoms with Gasteiger partial charge in [-0.05, 0) is 23.8 Å². The van der Waals surface area contributed by atoms with E-state index in [9.17, 15) is 8.42 Å². The molecule has 1 rings (SSSR count). The van der Waals surface area contributed by atoms with Crippen molar-refractivity contribution in [1.82, 2.24) is 0 Å². The van der Waals surface area contributed by atoms with Gasteiger partial charge in [0.15, 0.2) is 0 Å². The van der Waals surface area contributed by atoms with E-state index in [-0.39, 0.29) is 56.3 Å². The van der Waals surface area contributed by atoms with Crippen LogP contribution in [0.1, 0.15) is 0 Å². The van der Waals surface area contributed by atoms with Crippen LogP contribution in [-0.2, 0) is 8.87 Å². The summed E-state index contributed by atoms with van der Waals surface area (Å²) in [5.74, 6) is 0. The van der Waals surface area contributed by atoms with E-state index in [4.69, 9.17) is 0 Å². The van der Waals surface area contributed by atoms with Crippen LogP contribution >= 0.6 is 11.7 Å². The van der Waals surface area contributed by atoms with Gasteiger partial charge in [-0.15, -0.1) is 0 Å². The van der Waals surface area contributed by atoms with Gasteiger partial charge in [-0.3, -0.25) is 0 Å². The minimum atomic E-state index is -3.31. The van der Waals surface area contributed by atoms with Crippen molar-refractivity contribution in [2.75, 3.05) is 0 Å². The molecule has 0 radical (unpaired) electrons. The van der Waals surface area contributed by atoms with Crippen molar-refractivity contribution in [2.45, 2.75) is 4.90 Å². The fourth-order valence-corrected chi connectivity index (χ4v) is 1.46. The monoisotopic (exact) mass is 214 g/mol. The van der Waals surface area contributed by atoms with Gasteiger partial charge >= 0.3 is 51.4 Å². The molecule has 0 aliphatic heterocycles. The van der Waals surface area contributed by atoms with Crippen molar-refractivity contribution in [1.29, 1.82) is 0 Å². The summed E-state index contributed by atoms with van der Waals surface area (Å²) < 4.78 is 21.4. The van der Waals surface area contributed by atoms with Gasteiger partial charge in [0.1, 0.15) is 0 Å². The summed E-state index contributed by atoms with van der Waals surface area (Å²) in [4.78, 5) is 0.235. The fraction of sp³-hybridized carbons (Fsp3) is 0. The molecule has 0 bridgehead atoms. The van der Waals surface area contributed by atoms with Crippen LogP contribution < -0.4 is 0 Å². The topological polar surface area (TPSA) is 34.1 Å². The molecule has 1 aromatic carbocycles. The van der Waals surface area contributed by atoms with E-state index in [2.05, 4.69) is 11.7 Å². The Labute approximate surface area is 114 Å².